The maximum absolute atomic E-state index is 12.4. The largest absolute Gasteiger partial charge is 0.397 e. The summed E-state index contributed by atoms with van der Waals surface area (Å²) in [5, 5.41) is 0. The third kappa shape index (κ3) is 27.3. The normalized spacial score (nSPS) is 27.3. The Balaban J connectivity index is 3.28. The molecule has 14 atom stereocenters. The fourth-order valence-electron chi connectivity index (χ4n) is 5.92. The van der Waals surface area contributed by atoms with Crippen LogP contribution in [0.15, 0.2) is 0 Å². The molecular weight excluding hydrogens is 1340 g/mol. The van der Waals surface area contributed by atoms with Crippen molar-refractivity contribution < 1.29 is 197 Å². The summed E-state index contributed by atoms with van der Waals surface area (Å²) in [5.41, 5.74) is 0. The van der Waals surface area contributed by atoms with Crippen LogP contribution in [-0.4, -0.2) is 241 Å². The molecule has 2 saturated heterocycles. The van der Waals surface area contributed by atoms with Gasteiger partial charge in [-0.15, -0.1) is 0 Å². The summed E-state index contributed by atoms with van der Waals surface area (Å²) < 4.78 is 414. The predicted octanol–water partition coefficient (Wildman–Crippen LogP) is -11.7. The Morgan fingerprint density at radius 3 is 1.24 bits per heavy atom. The highest BCUT2D eigenvalue weighted by atomic mass is 32.3. The second kappa shape index (κ2) is 29.5. The van der Waals surface area contributed by atoms with E-state index < -0.39 is 241 Å². The summed E-state index contributed by atoms with van der Waals surface area (Å²) in [6.07, 6.45) is -45.6. The maximum Gasteiger partial charge on any atom is 0.397 e. The summed E-state index contributed by atoms with van der Waals surface area (Å²) in [7, 11) is -64.3. The first-order chi connectivity index (χ1) is 34.3. The molecule has 58 heteroatoms. The van der Waals surface area contributed by atoms with Crippen LogP contribution in [0.1, 0.15) is 0 Å². The monoisotopic (exact) mass is 1370 g/mol. The Morgan fingerprint density at radius 2 is 0.816 bits per heavy atom. The van der Waals surface area contributed by atoms with Crippen LogP contribution >= 0.6 is 0 Å². The molecule has 0 aromatic carbocycles. The predicted molar refractivity (Wildman–Crippen MR) is 221 cm³/mol. The second-order valence-electron chi connectivity index (χ2n) is 13.0. The smallest absolute Gasteiger partial charge is 0.347 e. The first-order valence-electron chi connectivity index (χ1n) is 17.6. The zero-order valence-electron chi connectivity index (χ0n) is 35.1. The van der Waals surface area contributed by atoms with E-state index in [1.807, 2.05) is 0 Å². The van der Waals surface area contributed by atoms with E-state index in [4.69, 9.17) is 18.9 Å². The molecule has 2 heterocycles. The minimum Gasteiger partial charge on any atom is -0.347 e. The molecule has 0 unspecified atom stereocenters. The van der Waals surface area contributed by atoms with Crippen LogP contribution in [-0.2, 0) is 197 Å². The summed E-state index contributed by atoms with van der Waals surface area (Å²) in [6.45, 7) is -8.02. The number of hydrogen-bond donors (Lipinski definition) is 12. The van der Waals surface area contributed by atoms with E-state index in [0.717, 1.165) is 0 Å². The summed E-state index contributed by atoms with van der Waals surface area (Å²) in [6, 6.07) is 0. The molecule has 0 aromatic rings. The third-order valence-electron chi connectivity index (χ3n) is 8.05. The van der Waals surface area contributed by atoms with Gasteiger partial charge >= 0.3 is 62.4 Å². The molecule has 0 aromatic heterocycles. The van der Waals surface area contributed by atoms with Gasteiger partial charge in [-0.3, -0.25) is 52.4 Å². The standard InChI is InChI=1S/C18H34O46S12/c19-65(20)50-2-5-10(57-68(25)26)13(58-69(27)28)15(59-70(29)30)17(53-5)49-1-7(56-67(23)24)9(12(62-74(40,41)42)8(60-72(34,35)36)4-52-71(31,32)33)55-18-16(64-76(46,47)48)14(63-75(43,44)45)11(61-73(37,38)39)6(54-18)3-51-66(21)22/h5-18,65-70H,1-4H2,(H,31,32,33)(H,34,35,36)(H,37,38,39)(H,40,41,42)(H,43,44,45)(H,46,47,48)/t5-,6-,7+,8-,9-,10-,11-,12-,13+,14+,15-,16-,17-,18+/m1/s1. The molecule has 2 fully saturated rings. The quantitative estimate of drug-likeness (QED) is 0.0207. The molecule has 46 nitrogen and oxygen atoms in total. The molecule has 0 aliphatic carbocycles. The van der Waals surface area contributed by atoms with E-state index >= 15 is 0 Å². The minimum atomic E-state index is -6.58. The van der Waals surface area contributed by atoms with E-state index in [9.17, 15) is 128 Å². The molecule has 76 heavy (non-hydrogen) atoms. The Labute approximate surface area is 435 Å². The molecule has 0 spiro atoms. The fourth-order valence-corrected chi connectivity index (χ4v) is 11.0. The van der Waals surface area contributed by atoms with E-state index in [0.29, 0.717) is 0 Å². The Bertz CT molecular complexity index is 3120. The minimum absolute atomic E-state index is 1.54. The zero-order chi connectivity index (χ0) is 58.7. The average Bonchev–Trinajstić information content (AvgIpc) is 3.18. The molecule has 2 aliphatic heterocycles. The van der Waals surface area contributed by atoms with Gasteiger partial charge in [0, 0.05) is 0 Å². The lowest BCUT2D eigenvalue weighted by Gasteiger charge is -2.45. The second-order valence-corrected chi connectivity index (χ2v) is 23.4. The Morgan fingerprint density at radius 1 is 0.395 bits per heavy atom. The lowest BCUT2D eigenvalue weighted by atomic mass is 9.98. The average molecular weight is 1370 g/mol. The SMILES string of the molecule is O=[SH](=O)OC[C@H]1O[C@@H](OC[C@H](O[SH](=O)=O)[C@@H](O[C@@H]2O[C@H](CO[SH](=O)=O)[C@@H](OS(=O)(=O)O)[C@H](OS(=O)(=O)O)[C@H]2OS(=O)(=O)O)[C@H](OS(=O)(=O)O)[C@@H](COS(=O)(=O)O)OS(=O)(=O)O)[C@H](O[SH](=O)=O)[C@@H](O[SH](=O)=O)[C@@H]1O[SH](=O)=O. The van der Waals surface area contributed by atoms with Crippen LogP contribution in [0.2, 0.25) is 0 Å². The van der Waals surface area contributed by atoms with E-state index in [1.54, 1.807) is 0 Å². The summed E-state index contributed by atoms with van der Waals surface area (Å²) in [5.74, 6) is 0. The van der Waals surface area contributed by atoms with Gasteiger partial charge in [0.05, 0.1) is 26.4 Å². The first kappa shape index (κ1) is 70.6. The number of thiol groups is 6. The van der Waals surface area contributed by atoms with Gasteiger partial charge in [0.25, 0.3) is 65.9 Å². The van der Waals surface area contributed by atoms with Crippen molar-refractivity contribution in [2.75, 3.05) is 26.4 Å². The highest BCUT2D eigenvalue weighted by molar-refractivity contribution is 7.82. The fraction of sp³-hybridized carbons (Fsp3) is 1.00. The first-order valence-corrected chi connectivity index (χ1v) is 32.4. The van der Waals surface area contributed by atoms with Gasteiger partial charge in [-0.05, 0) is 0 Å². The van der Waals surface area contributed by atoms with Crippen molar-refractivity contribution in [3.05, 3.63) is 0 Å². The number of hydrogen-bond acceptors (Lipinski definition) is 40. The van der Waals surface area contributed by atoms with Gasteiger partial charge in [-0.1, -0.05) is 0 Å². The topological polar surface area (TPSA) is 679 Å². The van der Waals surface area contributed by atoms with Crippen molar-refractivity contribution in [2.45, 2.75) is 85.8 Å². The van der Waals surface area contributed by atoms with Gasteiger partial charge in [-0.2, -0.15) is 50.5 Å². The van der Waals surface area contributed by atoms with Crippen LogP contribution in [0.25, 0.3) is 0 Å². The van der Waals surface area contributed by atoms with Crippen molar-refractivity contribution >= 4 is 128 Å². The third-order valence-corrected chi connectivity index (χ3v) is 13.2. The lowest BCUT2D eigenvalue weighted by Crippen LogP contribution is -2.65. The van der Waals surface area contributed by atoms with Crippen LogP contribution < -0.4 is 0 Å². The molecule has 0 amide bonds. The van der Waals surface area contributed by atoms with Crippen molar-refractivity contribution in [3.8, 4) is 0 Å². The maximum atomic E-state index is 12.4. The van der Waals surface area contributed by atoms with Crippen LogP contribution in [0.5, 0.6) is 0 Å². The van der Waals surface area contributed by atoms with Crippen molar-refractivity contribution in [1.29, 1.82) is 0 Å². The highest BCUT2D eigenvalue weighted by Crippen LogP contribution is 2.36. The summed E-state index contributed by atoms with van der Waals surface area (Å²) >= 11 is 0. The Hall–Kier alpha value is -1.48. The molecule has 6 N–H and O–H groups in total. The zero-order valence-corrected chi connectivity index (χ0v) is 45.3. The molecule has 2 rings (SSSR count). The lowest BCUT2D eigenvalue weighted by molar-refractivity contribution is -0.319. The summed E-state index contributed by atoms with van der Waals surface area (Å²) in [4.78, 5) is 0. The number of rotatable bonds is 35. The van der Waals surface area contributed by atoms with E-state index in [2.05, 4.69) is 50.2 Å². The van der Waals surface area contributed by atoms with Crippen LogP contribution in [0, 0.1) is 0 Å². The van der Waals surface area contributed by atoms with Crippen LogP contribution in [0.3, 0.4) is 0 Å². The molecule has 0 saturated carbocycles. The van der Waals surface area contributed by atoms with Gasteiger partial charge < -0.3 is 18.9 Å². The van der Waals surface area contributed by atoms with Gasteiger partial charge in [0.2, 0.25) is 0 Å². The van der Waals surface area contributed by atoms with E-state index in [1.165, 1.54) is 0 Å². The Kier molecular flexibility index (Phi) is 27.4. The molecule has 0 bridgehead atoms. The van der Waals surface area contributed by atoms with Crippen LogP contribution in [0.4, 0.5) is 0 Å². The van der Waals surface area contributed by atoms with Crippen molar-refractivity contribution in [3.63, 3.8) is 0 Å². The highest BCUT2D eigenvalue weighted by Gasteiger charge is 2.57. The van der Waals surface area contributed by atoms with Gasteiger partial charge in [0.15, 0.2) is 24.8 Å². The molecule has 454 valence electrons. The molecule has 2 aliphatic rings. The van der Waals surface area contributed by atoms with E-state index in [-0.39, 0.29) is 0 Å². The molecule has 0 radical (unpaired) electrons. The molecular formula is C18H34O46S12. The van der Waals surface area contributed by atoms with Gasteiger partial charge in [-0.25, -0.2) is 75.6 Å². The van der Waals surface area contributed by atoms with Crippen molar-refractivity contribution in [2.24, 2.45) is 0 Å². The number of ether oxygens (including phenoxy) is 4. The van der Waals surface area contributed by atoms with Gasteiger partial charge in [0.1, 0.15) is 61.0 Å². The van der Waals surface area contributed by atoms with Crippen molar-refractivity contribution in [1.82, 2.24) is 0 Å².